The number of hydrogen-bond donors (Lipinski definition) is 0. The molecule has 4 rings (SSSR count). The number of ether oxygens (including phenoxy) is 2. The van der Waals surface area contributed by atoms with Gasteiger partial charge in [0.1, 0.15) is 13.2 Å². The Morgan fingerprint density at radius 3 is 2.61 bits per heavy atom. The quantitative estimate of drug-likeness (QED) is 0.458. The highest BCUT2D eigenvalue weighted by Crippen LogP contribution is 2.38. The first-order chi connectivity index (χ1) is 13.6. The van der Waals surface area contributed by atoms with E-state index >= 15 is 0 Å². The topological polar surface area (TPSA) is 81.9 Å². The van der Waals surface area contributed by atoms with Crippen molar-refractivity contribution in [1.82, 2.24) is 4.90 Å². The Bertz CT molecular complexity index is 923. The van der Waals surface area contributed by atoms with Gasteiger partial charge in [-0.05, 0) is 54.3 Å². The van der Waals surface area contributed by atoms with Crippen molar-refractivity contribution in [2.24, 2.45) is 0 Å². The number of amides is 1. The van der Waals surface area contributed by atoms with Gasteiger partial charge in [0.15, 0.2) is 11.5 Å². The van der Waals surface area contributed by atoms with Crippen molar-refractivity contribution in [3.63, 3.8) is 0 Å². The first kappa shape index (κ1) is 18.0. The Balaban J connectivity index is 1.48. The monoisotopic (exact) mass is 380 g/mol. The van der Waals surface area contributed by atoms with Crippen molar-refractivity contribution >= 4 is 17.7 Å². The molecule has 28 heavy (non-hydrogen) atoms. The third kappa shape index (κ3) is 3.69. The molecule has 0 N–H and O–H groups in total. The highest BCUT2D eigenvalue weighted by Gasteiger charge is 2.29. The van der Waals surface area contributed by atoms with E-state index in [2.05, 4.69) is 0 Å². The first-order valence-corrected chi connectivity index (χ1v) is 9.24. The van der Waals surface area contributed by atoms with Crippen molar-refractivity contribution in [3.8, 4) is 11.5 Å². The number of nitro benzene ring substituents is 1. The van der Waals surface area contributed by atoms with Gasteiger partial charge in [-0.3, -0.25) is 14.9 Å². The third-order valence-corrected chi connectivity index (χ3v) is 5.01. The molecule has 1 fully saturated rings. The van der Waals surface area contributed by atoms with E-state index in [1.807, 2.05) is 23.1 Å². The predicted molar refractivity (Wildman–Crippen MR) is 103 cm³/mol. The summed E-state index contributed by atoms with van der Waals surface area (Å²) in [6.07, 6.45) is 5.05. The number of nitrogens with zero attached hydrogens (tertiary/aromatic N) is 2. The number of hydrogen-bond acceptors (Lipinski definition) is 5. The molecule has 7 nitrogen and oxygen atoms in total. The second-order valence-electron chi connectivity index (χ2n) is 6.77. The van der Waals surface area contributed by atoms with E-state index in [1.54, 1.807) is 18.2 Å². The minimum Gasteiger partial charge on any atom is -0.486 e. The molecular formula is C21H20N2O5. The van der Waals surface area contributed by atoms with Gasteiger partial charge in [-0.1, -0.05) is 6.07 Å². The van der Waals surface area contributed by atoms with E-state index in [-0.39, 0.29) is 17.6 Å². The maximum atomic E-state index is 12.7. The normalized spacial score (nSPS) is 18.4. The zero-order chi connectivity index (χ0) is 19.5. The molecule has 2 heterocycles. The van der Waals surface area contributed by atoms with Crippen LogP contribution in [0.3, 0.4) is 0 Å². The number of likely N-dealkylation sites (tertiary alicyclic amines) is 1. The van der Waals surface area contributed by atoms with Crippen LogP contribution < -0.4 is 9.47 Å². The standard InChI is InChI=1S/C21H20N2O5/c24-21(10-5-15-3-7-17(8-4-15)23(25)26)22-11-1-2-18(22)16-6-9-19-20(14-16)28-13-12-27-19/h3-10,14,18H,1-2,11-13H2. The molecule has 0 radical (unpaired) electrons. The fraction of sp³-hybridized carbons (Fsp3) is 0.286. The van der Waals surface area contributed by atoms with Crippen LogP contribution in [0.1, 0.15) is 30.0 Å². The Morgan fingerprint density at radius 1 is 1.11 bits per heavy atom. The van der Waals surface area contributed by atoms with Gasteiger partial charge in [-0.2, -0.15) is 0 Å². The van der Waals surface area contributed by atoms with Crippen LogP contribution in [0.5, 0.6) is 11.5 Å². The van der Waals surface area contributed by atoms with E-state index in [1.165, 1.54) is 18.2 Å². The van der Waals surface area contributed by atoms with Gasteiger partial charge < -0.3 is 14.4 Å². The Labute approximate surface area is 162 Å². The molecule has 2 aliphatic heterocycles. The lowest BCUT2D eigenvalue weighted by Gasteiger charge is -2.26. The number of non-ortho nitro benzene ring substituents is 1. The third-order valence-electron chi connectivity index (χ3n) is 5.01. The lowest BCUT2D eigenvalue weighted by molar-refractivity contribution is -0.384. The van der Waals surface area contributed by atoms with Crippen LogP contribution in [-0.4, -0.2) is 35.5 Å². The number of benzene rings is 2. The lowest BCUT2D eigenvalue weighted by Crippen LogP contribution is -2.29. The van der Waals surface area contributed by atoms with Crippen LogP contribution in [0.25, 0.3) is 6.08 Å². The van der Waals surface area contributed by atoms with Gasteiger partial charge in [0.05, 0.1) is 11.0 Å². The summed E-state index contributed by atoms with van der Waals surface area (Å²) in [5.41, 5.74) is 1.81. The molecule has 2 aromatic rings. The summed E-state index contributed by atoms with van der Waals surface area (Å²) in [5, 5.41) is 10.7. The summed E-state index contributed by atoms with van der Waals surface area (Å²) in [6.45, 7) is 1.78. The van der Waals surface area contributed by atoms with Gasteiger partial charge in [0.25, 0.3) is 5.69 Å². The van der Waals surface area contributed by atoms with Crippen molar-refractivity contribution in [1.29, 1.82) is 0 Å². The van der Waals surface area contributed by atoms with Crippen molar-refractivity contribution in [3.05, 3.63) is 69.8 Å². The van der Waals surface area contributed by atoms with Crippen molar-refractivity contribution in [2.75, 3.05) is 19.8 Å². The number of fused-ring (bicyclic) bond motifs is 1. The molecule has 144 valence electrons. The summed E-state index contributed by atoms with van der Waals surface area (Å²) in [7, 11) is 0. The lowest BCUT2D eigenvalue weighted by atomic mass is 10.0. The molecule has 0 aliphatic carbocycles. The number of rotatable bonds is 4. The van der Waals surface area contributed by atoms with Crippen LogP contribution in [0.4, 0.5) is 5.69 Å². The van der Waals surface area contributed by atoms with Crippen LogP contribution >= 0.6 is 0 Å². The minimum atomic E-state index is -0.444. The number of nitro groups is 1. The van der Waals surface area contributed by atoms with Crippen LogP contribution in [0, 0.1) is 10.1 Å². The summed E-state index contributed by atoms with van der Waals surface area (Å²) < 4.78 is 11.2. The van der Waals surface area contributed by atoms with Gasteiger partial charge in [0.2, 0.25) is 5.91 Å². The van der Waals surface area contributed by atoms with E-state index < -0.39 is 4.92 Å². The number of carbonyl (C=O) groups excluding carboxylic acids is 1. The van der Waals surface area contributed by atoms with E-state index in [0.717, 1.165) is 35.5 Å². The first-order valence-electron chi connectivity index (χ1n) is 9.24. The summed E-state index contributed by atoms with van der Waals surface area (Å²) >= 11 is 0. The van der Waals surface area contributed by atoms with Gasteiger partial charge >= 0.3 is 0 Å². The second kappa shape index (κ2) is 7.72. The Hall–Kier alpha value is -3.35. The molecule has 2 aromatic carbocycles. The van der Waals surface area contributed by atoms with Crippen LogP contribution in [0.15, 0.2) is 48.5 Å². The summed E-state index contributed by atoms with van der Waals surface area (Å²) in [4.78, 5) is 24.9. The molecule has 1 amide bonds. The smallest absolute Gasteiger partial charge is 0.269 e. The average molecular weight is 380 g/mol. The number of carbonyl (C=O) groups is 1. The molecule has 1 atom stereocenters. The zero-order valence-electron chi connectivity index (χ0n) is 15.2. The molecule has 7 heteroatoms. The SMILES string of the molecule is O=C(C=Cc1ccc([N+](=O)[O-])cc1)N1CCCC1c1ccc2c(c1)OCCO2. The second-order valence-corrected chi connectivity index (χ2v) is 6.77. The maximum absolute atomic E-state index is 12.7. The molecule has 1 unspecified atom stereocenters. The van der Waals surface area contributed by atoms with Crippen LogP contribution in [-0.2, 0) is 4.79 Å². The van der Waals surface area contributed by atoms with Gasteiger partial charge in [-0.25, -0.2) is 0 Å². The van der Waals surface area contributed by atoms with E-state index in [9.17, 15) is 14.9 Å². The molecule has 2 aliphatic rings. The van der Waals surface area contributed by atoms with E-state index in [4.69, 9.17) is 9.47 Å². The van der Waals surface area contributed by atoms with Crippen molar-refractivity contribution < 1.29 is 19.2 Å². The molecule has 0 spiro atoms. The molecule has 0 bridgehead atoms. The van der Waals surface area contributed by atoms with Crippen LogP contribution in [0.2, 0.25) is 0 Å². The molecule has 1 saturated heterocycles. The molecule has 0 aromatic heterocycles. The minimum absolute atomic E-state index is 0.00448. The van der Waals surface area contributed by atoms with Crippen molar-refractivity contribution in [2.45, 2.75) is 18.9 Å². The highest BCUT2D eigenvalue weighted by molar-refractivity contribution is 5.92. The summed E-state index contributed by atoms with van der Waals surface area (Å²) in [6, 6.07) is 12.0. The van der Waals surface area contributed by atoms with E-state index in [0.29, 0.717) is 19.8 Å². The summed E-state index contributed by atoms with van der Waals surface area (Å²) in [5.74, 6) is 1.39. The predicted octanol–water partition coefficient (Wildman–Crippen LogP) is 3.74. The zero-order valence-corrected chi connectivity index (χ0v) is 15.2. The van der Waals surface area contributed by atoms with Gasteiger partial charge in [0, 0.05) is 24.8 Å². The van der Waals surface area contributed by atoms with Gasteiger partial charge in [-0.15, -0.1) is 0 Å². The Kier molecular flexibility index (Phi) is 4.97. The largest absolute Gasteiger partial charge is 0.486 e. The fourth-order valence-electron chi connectivity index (χ4n) is 3.61. The average Bonchev–Trinajstić information content (AvgIpc) is 3.22. The fourth-order valence-corrected chi connectivity index (χ4v) is 3.61. The molecule has 0 saturated carbocycles. The maximum Gasteiger partial charge on any atom is 0.269 e. The molecular weight excluding hydrogens is 360 g/mol. The highest BCUT2D eigenvalue weighted by atomic mass is 16.6. The Morgan fingerprint density at radius 2 is 1.86 bits per heavy atom.